The minimum absolute atomic E-state index is 0.0127. The molecule has 0 saturated heterocycles. The van der Waals surface area contributed by atoms with E-state index >= 15 is 0 Å². The highest BCUT2D eigenvalue weighted by molar-refractivity contribution is 6.34. The lowest BCUT2D eigenvalue weighted by Gasteiger charge is -2.13. The van der Waals surface area contributed by atoms with Crippen LogP contribution in [-0.4, -0.2) is 22.7 Å². The van der Waals surface area contributed by atoms with Crippen molar-refractivity contribution in [2.24, 2.45) is 0 Å². The molecule has 1 heterocycles. The summed E-state index contributed by atoms with van der Waals surface area (Å²) in [7, 11) is 0. The van der Waals surface area contributed by atoms with Gasteiger partial charge in [-0.2, -0.15) is 4.98 Å². The molecule has 2 aromatic rings. The highest BCUT2D eigenvalue weighted by Gasteiger charge is 2.13. The molecule has 1 aromatic heterocycles. The molecule has 0 aliphatic heterocycles. The number of oxazole rings is 1. The van der Waals surface area contributed by atoms with E-state index in [0.29, 0.717) is 27.1 Å². The topological polar surface area (TPSA) is 87.4 Å². The number of aromatic nitrogens is 1. The Morgan fingerprint density at radius 3 is 2.50 bits per heavy atom. The number of hydrogen-bond acceptors (Lipinski definition) is 4. The number of rotatable bonds is 4. The third-order valence-corrected chi connectivity index (χ3v) is 3.41. The van der Waals surface area contributed by atoms with Gasteiger partial charge in [0.2, 0.25) is 0 Å². The molecule has 1 aromatic carbocycles. The summed E-state index contributed by atoms with van der Waals surface area (Å²) < 4.78 is 5.23. The second-order valence-corrected chi connectivity index (χ2v) is 5.59. The van der Waals surface area contributed by atoms with Gasteiger partial charge in [-0.15, -0.1) is 0 Å². The van der Waals surface area contributed by atoms with Gasteiger partial charge < -0.3 is 14.8 Å². The maximum atomic E-state index is 11.7. The normalized spacial score (nSPS) is 12.0. The second kappa shape index (κ2) is 7.00. The standard InChI is InChI=1S/C14H15Cl2N3O3/c1-7-8(2)22-14(18-7)19-13(21)17-6-12(20)9-3-10(15)5-11(16)4-9/h3-5,12,20H,6H2,1-2H3,(H2,17,18,19,21). The van der Waals surface area contributed by atoms with E-state index in [-0.39, 0.29) is 12.6 Å². The molecule has 1 atom stereocenters. The van der Waals surface area contributed by atoms with Crippen LogP contribution in [-0.2, 0) is 0 Å². The molecule has 0 aliphatic carbocycles. The molecule has 6 nitrogen and oxygen atoms in total. The Labute approximate surface area is 137 Å². The first-order chi connectivity index (χ1) is 10.3. The zero-order chi connectivity index (χ0) is 16.3. The number of urea groups is 1. The monoisotopic (exact) mass is 343 g/mol. The average Bonchev–Trinajstić information content (AvgIpc) is 2.73. The molecular weight excluding hydrogens is 329 g/mol. The Morgan fingerprint density at radius 1 is 1.32 bits per heavy atom. The molecule has 0 radical (unpaired) electrons. The summed E-state index contributed by atoms with van der Waals surface area (Å²) in [5.74, 6) is 0.629. The lowest BCUT2D eigenvalue weighted by Crippen LogP contribution is -2.32. The molecule has 118 valence electrons. The van der Waals surface area contributed by atoms with Gasteiger partial charge in [0.15, 0.2) is 0 Å². The average molecular weight is 344 g/mol. The number of nitrogens with one attached hydrogen (secondary N) is 2. The Morgan fingerprint density at radius 2 is 1.95 bits per heavy atom. The quantitative estimate of drug-likeness (QED) is 0.793. The van der Waals surface area contributed by atoms with Crippen LogP contribution in [0, 0.1) is 13.8 Å². The van der Waals surface area contributed by atoms with E-state index in [1.807, 2.05) is 0 Å². The number of anilines is 1. The number of carbonyl (C=O) groups excluding carboxylic acids is 1. The van der Waals surface area contributed by atoms with Gasteiger partial charge in [0.05, 0.1) is 11.8 Å². The van der Waals surface area contributed by atoms with Crippen molar-refractivity contribution >= 4 is 35.2 Å². The summed E-state index contributed by atoms with van der Waals surface area (Å²) in [6.07, 6.45) is -0.935. The van der Waals surface area contributed by atoms with Gasteiger partial charge in [-0.05, 0) is 37.6 Å². The maximum absolute atomic E-state index is 11.7. The van der Waals surface area contributed by atoms with Crippen molar-refractivity contribution < 1.29 is 14.3 Å². The molecule has 0 saturated carbocycles. The number of halogens is 2. The van der Waals surface area contributed by atoms with Gasteiger partial charge in [0.25, 0.3) is 0 Å². The van der Waals surface area contributed by atoms with E-state index in [1.54, 1.807) is 32.0 Å². The molecule has 3 N–H and O–H groups in total. The lowest BCUT2D eigenvalue weighted by atomic mass is 10.1. The van der Waals surface area contributed by atoms with Crippen LogP contribution < -0.4 is 10.6 Å². The van der Waals surface area contributed by atoms with E-state index in [2.05, 4.69) is 15.6 Å². The number of hydrogen-bond donors (Lipinski definition) is 3. The third-order valence-electron chi connectivity index (χ3n) is 2.97. The Balaban J connectivity index is 1.90. The van der Waals surface area contributed by atoms with E-state index in [4.69, 9.17) is 27.6 Å². The fourth-order valence-electron chi connectivity index (χ4n) is 1.74. The molecule has 0 spiro atoms. The molecule has 0 fully saturated rings. The zero-order valence-electron chi connectivity index (χ0n) is 12.0. The molecule has 2 amide bonds. The smallest absolute Gasteiger partial charge is 0.322 e. The van der Waals surface area contributed by atoms with Crippen molar-refractivity contribution in [2.45, 2.75) is 20.0 Å². The first-order valence-corrected chi connectivity index (χ1v) is 7.23. The fourth-order valence-corrected chi connectivity index (χ4v) is 2.29. The third kappa shape index (κ3) is 4.37. The Hall–Kier alpha value is -1.76. The number of aliphatic hydroxyl groups excluding tert-OH is 1. The van der Waals surface area contributed by atoms with Crippen molar-refractivity contribution in [1.29, 1.82) is 0 Å². The SMILES string of the molecule is Cc1nc(NC(=O)NCC(O)c2cc(Cl)cc(Cl)c2)oc1C. The Kier molecular flexibility index (Phi) is 5.28. The first kappa shape index (κ1) is 16.6. The molecule has 1 unspecified atom stereocenters. The van der Waals surface area contributed by atoms with Crippen LogP contribution in [0.4, 0.5) is 10.8 Å². The minimum Gasteiger partial charge on any atom is -0.428 e. The molecule has 22 heavy (non-hydrogen) atoms. The van der Waals surface area contributed by atoms with Crippen LogP contribution in [0.5, 0.6) is 0 Å². The van der Waals surface area contributed by atoms with Crippen molar-refractivity contribution in [3.63, 3.8) is 0 Å². The molecule has 2 rings (SSSR count). The summed E-state index contributed by atoms with van der Waals surface area (Å²) in [5, 5.41) is 15.8. The van der Waals surface area contributed by atoms with Crippen LogP contribution in [0.15, 0.2) is 22.6 Å². The summed E-state index contributed by atoms with van der Waals surface area (Å²) in [4.78, 5) is 15.7. The van der Waals surface area contributed by atoms with E-state index in [0.717, 1.165) is 0 Å². The van der Waals surface area contributed by atoms with Gasteiger partial charge in [0.1, 0.15) is 5.76 Å². The van der Waals surface area contributed by atoms with Gasteiger partial charge in [0, 0.05) is 16.6 Å². The minimum atomic E-state index is -0.935. The van der Waals surface area contributed by atoms with Crippen LogP contribution in [0.1, 0.15) is 23.1 Å². The van der Waals surface area contributed by atoms with Crippen molar-refractivity contribution in [2.75, 3.05) is 11.9 Å². The summed E-state index contributed by atoms with van der Waals surface area (Å²) in [6, 6.07) is 4.30. The predicted molar refractivity (Wildman–Crippen MR) is 84.4 cm³/mol. The molecule has 8 heteroatoms. The van der Waals surface area contributed by atoms with Gasteiger partial charge in [-0.25, -0.2) is 4.79 Å². The lowest BCUT2D eigenvalue weighted by molar-refractivity contribution is 0.175. The van der Waals surface area contributed by atoms with Gasteiger partial charge >= 0.3 is 12.0 Å². The number of aryl methyl sites for hydroxylation is 2. The highest BCUT2D eigenvalue weighted by Crippen LogP contribution is 2.23. The number of nitrogens with zero attached hydrogens (tertiary/aromatic N) is 1. The number of carbonyl (C=O) groups is 1. The summed E-state index contributed by atoms with van der Waals surface area (Å²) in [6.45, 7) is 3.51. The fraction of sp³-hybridized carbons (Fsp3) is 0.286. The van der Waals surface area contributed by atoms with E-state index in [1.165, 1.54) is 0 Å². The Bertz CT molecular complexity index is 648. The zero-order valence-corrected chi connectivity index (χ0v) is 13.5. The van der Waals surface area contributed by atoms with E-state index in [9.17, 15) is 9.90 Å². The number of benzene rings is 1. The van der Waals surface area contributed by atoms with Gasteiger partial charge in [-0.1, -0.05) is 23.2 Å². The molecule has 0 aliphatic rings. The second-order valence-electron chi connectivity index (χ2n) is 4.71. The highest BCUT2D eigenvalue weighted by atomic mass is 35.5. The van der Waals surface area contributed by atoms with Crippen molar-refractivity contribution in [3.8, 4) is 0 Å². The first-order valence-electron chi connectivity index (χ1n) is 6.48. The number of amides is 2. The van der Waals surface area contributed by atoms with Gasteiger partial charge in [-0.3, -0.25) is 5.32 Å². The molecular formula is C14H15Cl2N3O3. The largest absolute Gasteiger partial charge is 0.428 e. The van der Waals surface area contributed by atoms with Crippen molar-refractivity contribution in [1.82, 2.24) is 10.3 Å². The van der Waals surface area contributed by atoms with Crippen LogP contribution in [0.2, 0.25) is 10.0 Å². The predicted octanol–water partition coefficient (Wildman–Crippen LogP) is 3.45. The van der Waals surface area contributed by atoms with Crippen LogP contribution in [0.3, 0.4) is 0 Å². The van der Waals surface area contributed by atoms with Crippen molar-refractivity contribution in [3.05, 3.63) is 45.3 Å². The van der Waals surface area contributed by atoms with Crippen LogP contribution >= 0.6 is 23.2 Å². The number of aliphatic hydroxyl groups is 1. The maximum Gasteiger partial charge on any atom is 0.322 e. The summed E-state index contributed by atoms with van der Waals surface area (Å²) >= 11 is 11.7. The molecule has 0 bridgehead atoms. The summed E-state index contributed by atoms with van der Waals surface area (Å²) in [5.41, 5.74) is 1.21. The van der Waals surface area contributed by atoms with Crippen LogP contribution in [0.25, 0.3) is 0 Å². The van der Waals surface area contributed by atoms with E-state index < -0.39 is 12.1 Å².